The minimum atomic E-state index is -0.938. The molecule has 2 aromatic carbocycles. The van der Waals surface area contributed by atoms with Gasteiger partial charge >= 0.3 is 0 Å². The lowest BCUT2D eigenvalue weighted by Gasteiger charge is -2.43. The first-order valence-electron chi connectivity index (χ1n) is 15.7. The number of pyridine rings is 1. The highest BCUT2D eigenvalue weighted by Gasteiger charge is 2.28. The van der Waals surface area contributed by atoms with Crippen LogP contribution in [0.2, 0.25) is 0 Å². The van der Waals surface area contributed by atoms with Crippen LogP contribution in [-0.2, 0) is 11.8 Å². The lowest BCUT2D eigenvalue weighted by Crippen LogP contribution is -2.52. The molecule has 2 saturated heterocycles. The quantitative estimate of drug-likeness (QED) is 0.249. The number of hydrogen-bond acceptors (Lipinski definition) is 10. The van der Waals surface area contributed by atoms with Crippen LogP contribution in [0.4, 0.5) is 31.8 Å². The van der Waals surface area contributed by atoms with Crippen molar-refractivity contribution in [2.75, 3.05) is 69.0 Å². The molecule has 252 valence electrons. The maximum atomic E-state index is 14.2. The lowest BCUT2D eigenvalue weighted by molar-refractivity contribution is -0.111. The second kappa shape index (κ2) is 14.0. The summed E-state index contributed by atoms with van der Waals surface area (Å²) in [5.74, 6) is -1.85. The Hall–Kier alpha value is -5.08. The van der Waals surface area contributed by atoms with E-state index < -0.39 is 17.2 Å². The summed E-state index contributed by atoms with van der Waals surface area (Å²) in [4.78, 5) is 41.8. The Balaban J connectivity index is 1.26. The number of aryl methyl sites for hydroxylation is 1. The third kappa shape index (κ3) is 6.94. The van der Waals surface area contributed by atoms with Gasteiger partial charge in [0.2, 0.25) is 11.9 Å². The van der Waals surface area contributed by atoms with Crippen molar-refractivity contribution >= 4 is 40.0 Å². The number of ether oxygens (including phenoxy) is 2. The van der Waals surface area contributed by atoms with Crippen molar-refractivity contribution in [2.45, 2.75) is 18.9 Å². The first kappa shape index (κ1) is 32.8. The number of aromatic nitrogens is 3. The molecular formula is C34H38F2N8O4. The summed E-state index contributed by atoms with van der Waals surface area (Å²) >= 11 is 0. The van der Waals surface area contributed by atoms with Crippen LogP contribution < -0.4 is 30.6 Å². The third-order valence-electron chi connectivity index (χ3n) is 8.90. The highest BCUT2D eigenvalue weighted by molar-refractivity contribution is 6.02. The number of benzene rings is 2. The van der Waals surface area contributed by atoms with Crippen LogP contribution >= 0.6 is 0 Å². The van der Waals surface area contributed by atoms with Gasteiger partial charge in [-0.15, -0.1) is 0 Å². The fourth-order valence-corrected chi connectivity index (χ4v) is 6.19. The van der Waals surface area contributed by atoms with Crippen molar-refractivity contribution < 1.29 is 23.0 Å². The number of hydrogen-bond donors (Lipinski definition) is 2. The van der Waals surface area contributed by atoms with E-state index in [0.717, 1.165) is 69.9 Å². The number of anilines is 4. The van der Waals surface area contributed by atoms with E-state index in [1.165, 1.54) is 30.0 Å². The van der Waals surface area contributed by atoms with Crippen LogP contribution in [0.25, 0.3) is 11.0 Å². The number of carbonyl (C=O) groups excluding carboxylic acids is 1. The van der Waals surface area contributed by atoms with Gasteiger partial charge in [-0.25, -0.2) is 13.8 Å². The lowest BCUT2D eigenvalue weighted by atomic mass is 10.0. The summed E-state index contributed by atoms with van der Waals surface area (Å²) in [5.41, 5.74) is 1.59. The van der Waals surface area contributed by atoms with E-state index in [9.17, 15) is 18.4 Å². The molecule has 6 rings (SSSR count). The van der Waals surface area contributed by atoms with E-state index >= 15 is 0 Å². The molecule has 14 heteroatoms. The number of nitrogens with one attached hydrogen (secondary N) is 2. The van der Waals surface area contributed by atoms with Gasteiger partial charge in [-0.3, -0.25) is 19.1 Å². The number of methoxy groups -OCH3 is 1. The molecule has 0 saturated carbocycles. The smallest absolute Gasteiger partial charge is 0.294 e. The predicted octanol–water partition coefficient (Wildman–Crippen LogP) is 4.49. The Bertz CT molecular complexity index is 1900. The minimum absolute atomic E-state index is 0.163. The molecular weight excluding hydrogens is 622 g/mol. The number of rotatable bonds is 9. The van der Waals surface area contributed by atoms with Crippen molar-refractivity contribution in [1.29, 1.82) is 0 Å². The van der Waals surface area contributed by atoms with E-state index in [0.29, 0.717) is 34.6 Å². The first-order chi connectivity index (χ1) is 23.1. The summed E-state index contributed by atoms with van der Waals surface area (Å²) in [7, 11) is 5.22. The van der Waals surface area contributed by atoms with Gasteiger partial charge in [0, 0.05) is 76.1 Å². The Morgan fingerprint density at radius 3 is 2.42 bits per heavy atom. The monoisotopic (exact) mass is 660 g/mol. The minimum Gasteiger partial charge on any atom is -0.494 e. The zero-order chi connectivity index (χ0) is 33.9. The fraction of sp³-hybridized carbons (Fsp3) is 0.353. The Morgan fingerprint density at radius 1 is 0.979 bits per heavy atom. The molecule has 0 spiro atoms. The molecule has 4 heterocycles. The standard InChI is InChI=1S/C34H38F2N8O4/c1-5-31(45)38-25-18-26(29(47-4)19-27(25)44-10-8-23(9-11-44)43-14-12-41(2)13-15-43)39-34-37-20-21-16-30(33(46)42(3)32(21)40-34)48-28-7-6-22(35)17-24(28)36/h5-7,16-20,23H,1,8-15H2,2-4H3,(H,38,45)(H,37,39,40). The summed E-state index contributed by atoms with van der Waals surface area (Å²) in [6.45, 7) is 9.56. The third-order valence-corrected chi connectivity index (χ3v) is 8.90. The van der Waals surface area contributed by atoms with Gasteiger partial charge in [0.05, 0.1) is 24.2 Å². The van der Waals surface area contributed by atoms with Crippen LogP contribution in [-0.4, -0.2) is 89.7 Å². The molecule has 0 unspecified atom stereocenters. The van der Waals surface area contributed by atoms with Gasteiger partial charge in [0.1, 0.15) is 17.2 Å². The molecule has 12 nitrogen and oxygen atoms in total. The van der Waals surface area contributed by atoms with Crippen LogP contribution in [0.5, 0.6) is 17.2 Å². The number of amides is 1. The van der Waals surface area contributed by atoms with Crippen LogP contribution in [0.1, 0.15) is 12.8 Å². The van der Waals surface area contributed by atoms with Crippen molar-refractivity contribution in [1.82, 2.24) is 24.3 Å². The molecule has 2 aliphatic heterocycles. The van der Waals surface area contributed by atoms with E-state index in [1.807, 2.05) is 6.07 Å². The number of likely N-dealkylation sites (N-methyl/N-ethyl adjacent to an activating group) is 1. The summed E-state index contributed by atoms with van der Waals surface area (Å²) in [6, 6.07) is 8.39. The second-order valence-electron chi connectivity index (χ2n) is 12.0. The summed E-state index contributed by atoms with van der Waals surface area (Å²) < 4.78 is 40.0. The van der Waals surface area contributed by atoms with Gasteiger partial charge < -0.3 is 29.9 Å². The van der Waals surface area contributed by atoms with Crippen LogP contribution in [0.15, 0.2) is 60.0 Å². The van der Waals surface area contributed by atoms with Crippen molar-refractivity contribution in [3.63, 3.8) is 0 Å². The SMILES string of the molecule is C=CC(=O)Nc1cc(Nc2ncc3cc(Oc4ccc(F)cc4F)c(=O)n(C)c3n2)c(OC)cc1N1CCC(N2CCN(C)CC2)CC1. The fourth-order valence-electron chi connectivity index (χ4n) is 6.19. The second-order valence-corrected chi connectivity index (χ2v) is 12.0. The van der Waals surface area contributed by atoms with Gasteiger partial charge in [0.15, 0.2) is 17.3 Å². The van der Waals surface area contributed by atoms with E-state index in [2.05, 4.69) is 48.9 Å². The molecule has 4 aromatic rings. The topological polar surface area (TPSA) is 117 Å². The normalized spacial score (nSPS) is 16.1. The zero-order valence-corrected chi connectivity index (χ0v) is 27.1. The molecule has 1 amide bonds. The molecule has 2 fully saturated rings. The van der Waals surface area contributed by atoms with E-state index in [-0.39, 0.29) is 29.0 Å². The molecule has 48 heavy (non-hydrogen) atoms. The van der Waals surface area contributed by atoms with Crippen LogP contribution in [0, 0.1) is 11.6 Å². The molecule has 0 bridgehead atoms. The molecule has 2 N–H and O–H groups in total. The van der Waals surface area contributed by atoms with Gasteiger partial charge in [-0.1, -0.05) is 6.58 Å². The van der Waals surface area contributed by atoms with Gasteiger partial charge in [-0.05, 0) is 50.2 Å². The summed E-state index contributed by atoms with van der Waals surface area (Å²) in [5, 5.41) is 6.54. The highest BCUT2D eigenvalue weighted by atomic mass is 19.1. The number of fused-ring (bicyclic) bond motifs is 1. The average Bonchev–Trinajstić information content (AvgIpc) is 3.09. The maximum Gasteiger partial charge on any atom is 0.294 e. The number of halogens is 2. The largest absolute Gasteiger partial charge is 0.494 e. The molecule has 2 aromatic heterocycles. The van der Waals surface area contributed by atoms with Crippen LogP contribution in [0.3, 0.4) is 0 Å². The molecule has 0 atom stereocenters. The van der Waals surface area contributed by atoms with E-state index in [1.54, 1.807) is 13.2 Å². The Morgan fingerprint density at radius 2 is 1.73 bits per heavy atom. The Kier molecular flexibility index (Phi) is 9.55. The number of nitrogens with zero attached hydrogens (tertiary/aromatic N) is 6. The summed E-state index contributed by atoms with van der Waals surface area (Å²) in [6.07, 6.45) is 4.73. The molecule has 0 aliphatic carbocycles. The zero-order valence-electron chi connectivity index (χ0n) is 27.1. The van der Waals surface area contributed by atoms with Gasteiger partial charge in [0.25, 0.3) is 5.56 Å². The maximum absolute atomic E-state index is 14.2. The number of piperidine rings is 1. The Labute approximate surface area is 276 Å². The van der Waals surface area contributed by atoms with Gasteiger partial charge in [-0.2, -0.15) is 4.98 Å². The van der Waals surface area contributed by atoms with Crippen molar-refractivity contribution in [3.8, 4) is 17.2 Å². The number of piperazine rings is 1. The predicted molar refractivity (Wildman–Crippen MR) is 181 cm³/mol. The highest BCUT2D eigenvalue weighted by Crippen LogP contribution is 2.39. The molecule has 2 aliphatic rings. The van der Waals surface area contributed by atoms with E-state index in [4.69, 9.17) is 9.47 Å². The molecule has 0 radical (unpaired) electrons. The average molecular weight is 661 g/mol. The van der Waals surface area contributed by atoms with Crippen molar-refractivity contribution in [2.24, 2.45) is 7.05 Å². The number of carbonyl (C=O) groups is 1. The van der Waals surface area contributed by atoms with Crippen molar-refractivity contribution in [3.05, 3.63) is 77.2 Å². The first-order valence-corrected chi connectivity index (χ1v) is 15.7.